The van der Waals surface area contributed by atoms with Gasteiger partial charge in [0.05, 0.1) is 6.54 Å². The third-order valence-corrected chi connectivity index (χ3v) is 3.97. The molecule has 4 nitrogen and oxygen atoms in total. The van der Waals surface area contributed by atoms with Crippen molar-refractivity contribution >= 4 is 11.8 Å². The predicted octanol–water partition coefficient (Wildman–Crippen LogP) is 2.25. The lowest BCUT2D eigenvalue weighted by Gasteiger charge is -2.29. The maximum absolute atomic E-state index is 12.8. The summed E-state index contributed by atoms with van der Waals surface area (Å²) in [6, 6.07) is 5.43. The summed E-state index contributed by atoms with van der Waals surface area (Å²) in [6.45, 7) is 2.08. The number of carbonyl (C=O) groups is 2. The van der Waals surface area contributed by atoms with Gasteiger partial charge in [0.25, 0.3) is 5.91 Å². The molecule has 0 radical (unpaired) electrons. The molecule has 1 fully saturated rings. The van der Waals surface area contributed by atoms with Crippen LogP contribution in [0.5, 0.6) is 0 Å². The summed E-state index contributed by atoms with van der Waals surface area (Å²) < 4.78 is 12.8. The average molecular weight is 292 g/mol. The number of benzene rings is 1. The molecule has 1 aromatic rings. The van der Waals surface area contributed by atoms with Crippen LogP contribution in [0.1, 0.15) is 43.0 Å². The van der Waals surface area contributed by atoms with Crippen LogP contribution in [0.2, 0.25) is 0 Å². The quantitative estimate of drug-likeness (QED) is 0.894. The van der Waals surface area contributed by atoms with E-state index < -0.39 is 5.82 Å². The number of halogens is 1. The molecule has 0 bridgehead atoms. The van der Waals surface area contributed by atoms with Crippen molar-refractivity contribution in [2.75, 3.05) is 6.54 Å². The number of carbonyl (C=O) groups excluding carboxylic acids is 2. The van der Waals surface area contributed by atoms with Crippen LogP contribution < -0.4 is 10.6 Å². The van der Waals surface area contributed by atoms with Crippen LogP contribution in [0.15, 0.2) is 24.3 Å². The fourth-order valence-electron chi connectivity index (χ4n) is 2.65. The molecule has 5 heteroatoms. The molecular weight excluding hydrogens is 271 g/mol. The van der Waals surface area contributed by atoms with Crippen LogP contribution in [0.3, 0.4) is 0 Å². The highest BCUT2D eigenvalue weighted by Gasteiger charge is 2.22. The van der Waals surface area contributed by atoms with Gasteiger partial charge in [-0.1, -0.05) is 19.8 Å². The van der Waals surface area contributed by atoms with E-state index in [1.165, 1.54) is 30.7 Å². The van der Waals surface area contributed by atoms with E-state index >= 15 is 0 Å². The normalized spacial score (nSPS) is 21.6. The van der Waals surface area contributed by atoms with Crippen LogP contribution in [0.4, 0.5) is 4.39 Å². The van der Waals surface area contributed by atoms with Crippen LogP contribution in [-0.4, -0.2) is 24.4 Å². The van der Waals surface area contributed by atoms with Crippen molar-refractivity contribution in [3.05, 3.63) is 35.6 Å². The number of hydrogen-bond acceptors (Lipinski definition) is 2. The topological polar surface area (TPSA) is 58.2 Å². The molecule has 1 aliphatic carbocycles. The molecule has 0 unspecified atom stereocenters. The fourth-order valence-corrected chi connectivity index (χ4v) is 2.65. The van der Waals surface area contributed by atoms with Crippen molar-refractivity contribution < 1.29 is 14.0 Å². The monoisotopic (exact) mass is 292 g/mol. The lowest BCUT2D eigenvalue weighted by atomic mass is 9.86. The van der Waals surface area contributed by atoms with Gasteiger partial charge >= 0.3 is 0 Å². The van der Waals surface area contributed by atoms with Gasteiger partial charge in [-0.25, -0.2) is 4.39 Å². The SMILES string of the molecule is C[C@@H]1CCCC[C@H]1NC(=O)CNC(=O)c1ccc(F)cc1. The average Bonchev–Trinajstić information content (AvgIpc) is 2.48. The largest absolute Gasteiger partial charge is 0.352 e. The molecule has 2 N–H and O–H groups in total. The Balaban J connectivity index is 1.78. The Kier molecular flexibility index (Phi) is 5.31. The van der Waals surface area contributed by atoms with Gasteiger partial charge < -0.3 is 10.6 Å². The Bertz CT molecular complexity index is 502. The molecule has 114 valence electrons. The second kappa shape index (κ2) is 7.20. The van der Waals surface area contributed by atoms with Gasteiger partial charge in [-0.2, -0.15) is 0 Å². The summed E-state index contributed by atoms with van der Waals surface area (Å²) in [5, 5.41) is 5.52. The summed E-state index contributed by atoms with van der Waals surface area (Å²) in [4.78, 5) is 23.7. The molecule has 2 atom stereocenters. The lowest BCUT2D eigenvalue weighted by Crippen LogP contribution is -2.45. The molecule has 0 aliphatic heterocycles. The van der Waals surface area contributed by atoms with Crippen molar-refractivity contribution in [3.63, 3.8) is 0 Å². The van der Waals surface area contributed by atoms with Gasteiger partial charge in [-0.15, -0.1) is 0 Å². The number of hydrogen-bond donors (Lipinski definition) is 2. The van der Waals surface area contributed by atoms with Crippen LogP contribution >= 0.6 is 0 Å². The van der Waals surface area contributed by atoms with E-state index in [4.69, 9.17) is 0 Å². The lowest BCUT2D eigenvalue weighted by molar-refractivity contribution is -0.121. The van der Waals surface area contributed by atoms with Crippen molar-refractivity contribution in [3.8, 4) is 0 Å². The summed E-state index contributed by atoms with van der Waals surface area (Å²) in [5.74, 6) is -0.461. The Morgan fingerprint density at radius 3 is 2.52 bits per heavy atom. The summed E-state index contributed by atoms with van der Waals surface area (Å²) >= 11 is 0. The molecular formula is C16H21FN2O2. The van der Waals surface area contributed by atoms with Crippen molar-refractivity contribution in [1.82, 2.24) is 10.6 Å². The highest BCUT2D eigenvalue weighted by atomic mass is 19.1. The maximum Gasteiger partial charge on any atom is 0.251 e. The molecule has 1 aromatic carbocycles. The Labute approximate surface area is 124 Å². The molecule has 2 rings (SSSR count). The molecule has 0 aromatic heterocycles. The summed E-state index contributed by atoms with van der Waals surface area (Å²) in [5.41, 5.74) is 0.343. The van der Waals surface area contributed by atoms with E-state index in [0.717, 1.165) is 19.3 Å². The Hall–Kier alpha value is -1.91. The fraction of sp³-hybridized carbons (Fsp3) is 0.500. The number of amides is 2. The zero-order valence-electron chi connectivity index (χ0n) is 12.2. The van der Waals surface area contributed by atoms with E-state index in [-0.39, 0.29) is 24.4 Å². The van der Waals surface area contributed by atoms with Crippen LogP contribution in [0.25, 0.3) is 0 Å². The van der Waals surface area contributed by atoms with Crippen molar-refractivity contribution in [1.29, 1.82) is 0 Å². The van der Waals surface area contributed by atoms with E-state index in [1.54, 1.807) is 0 Å². The highest BCUT2D eigenvalue weighted by Crippen LogP contribution is 2.23. The molecule has 1 saturated carbocycles. The smallest absolute Gasteiger partial charge is 0.251 e. The zero-order chi connectivity index (χ0) is 15.2. The molecule has 0 saturated heterocycles. The Morgan fingerprint density at radius 2 is 1.86 bits per heavy atom. The number of nitrogens with one attached hydrogen (secondary N) is 2. The Morgan fingerprint density at radius 1 is 1.19 bits per heavy atom. The first kappa shape index (κ1) is 15.5. The molecule has 1 aliphatic rings. The first-order valence-electron chi connectivity index (χ1n) is 7.39. The van der Waals surface area contributed by atoms with Crippen molar-refractivity contribution in [2.24, 2.45) is 5.92 Å². The third kappa shape index (κ3) is 4.55. The summed E-state index contributed by atoms with van der Waals surface area (Å²) in [6.07, 6.45) is 4.48. The minimum atomic E-state index is -0.393. The first-order valence-corrected chi connectivity index (χ1v) is 7.39. The van der Waals surface area contributed by atoms with Gasteiger partial charge in [0.2, 0.25) is 5.91 Å². The first-order chi connectivity index (χ1) is 10.1. The second-order valence-electron chi connectivity index (χ2n) is 5.63. The molecule has 21 heavy (non-hydrogen) atoms. The number of rotatable bonds is 4. The van der Waals surface area contributed by atoms with Crippen molar-refractivity contribution in [2.45, 2.75) is 38.6 Å². The van der Waals surface area contributed by atoms with E-state index in [9.17, 15) is 14.0 Å². The van der Waals surface area contributed by atoms with Gasteiger partial charge in [0, 0.05) is 11.6 Å². The van der Waals surface area contributed by atoms with Gasteiger partial charge in [0.15, 0.2) is 0 Å². The van der Waals surface area contributed by atoms with Gasteiger partial charge in [-0.05, 0) is 43.0 Å². The van der Waals surface area contributed by atoms with E-state index in [2.05, 4.69) is 17.6 Å². The molecule has 0 heterocycles. The second-order valence-corrected chi connectivity index (χ2v) is 5.63. The summed E-state index contributed by atoms with van der Waals surface area (Å²) in [7, 11) is 0. The molecule has 0 spiro atoms. The minimum Gasteiger partial charge on any atom is -0.352 e. The zero-order valence-corrected chi connectivity index (χ0v) is 12.2. The standard InChI is InChI=1S/C16H21FN2O2/c1-11-4-2-3-5-14(11)19-15(20)10-18-16(21)12-6-8-13(17)9-7-12/h6-9,11,14H,2-5,10H2,1H3,(H,18,21)(H,19,20)/t11-,14-/m1/s1. The maximum atomic E-state index is 12.8. The van der Waals surface area contributed by atoms with E-state index in [1.807, 2.05) is 0 Å². The minimum absolute atomic E-state index is 0.0561. The van der Waals surface area contributed by atoms with E-state index in [0.29, 0.717) is 11.5 Å². The van der Waals surface area contributed by atoms with Crippen LogP contribution in [0, 0.1) is 11.7 Å². The van der Waals surface area contributed by atoms with Gasteiger partial charge in [0.1, 0.15) is 5.82 Å². The highest BCUT2D eigenvalue weighted by molar-refractivity contribution is 5.96. The predicted molar refractivity (Wildman–Crippen MR) is 78.3 cm³/mol. The van der Waals surface area contributed by atoms with Crippen LogP contribution in [-0.2, 0) is 4.79 Å². The van der Waals surface area contributed by atoms with Gasteiger partial charge in [-0.3, -0.25) is 9.59 Å². The molecule has 2 amide bonds. The third-order valence-electron chi connectivity index (χ3n) is 3.97.